The van der Waals surface area contributed by atoms with Gasteiger partial charge in [-0.25, -0.2) is 0 Å². The molecule has 4 N–H and O–H groups in total. The minimum atomic E-state index is -0.801. The lowest BCUT2D eigenvalue weighted by Gasteiger charge is -2.24. The summed E-state index contributed by atoms with van der Waals surface area (Å²) in [4.78, 5) is 0. The topological polar surface area (TPSA) is 64.5 Å². The van der Waals surface area contributed by atoms with Crippen molar-refractivity contribution in [3.63, 3.8) is 0 Å². The maximum atomic E-state index is 10.1. The van der Waals surface area contributed by atoms with Crippen molar-refractivity contribution in [2.24, 2.45) is 0 Å². The Labute approximate surface area is 121 Å². The summed E-state index contributed by atoms with van der Waals surface area (Å²) in [7, 11) is 1.84. The van der Waals surface area contributed by atoms with E-state index >= 15 is 0 Å². The minimum absolute atomic E-state index is 0.549. The summed E-state index contributed by atoms with van der Waals surface area (Å²) in [5, 5.41) is 26.4. The van der Waals surface area contributed by atoms with Crippen LogP contribution in [-0.2, 0) is 0 Å². The Morgan fingerprint density at radius 3 is 2.45 bits per heavy atom. The first kappa shape index (κ1) is 15.4. The predicted molar refractivity (Wildman–Crippen MR) is 80.8 cm³/mol. The Morgan fingerprint density at radius 2 is 1.85 bits per heavy atom. The van der Waals surface area contributed by atoms with E-state index in [-0.39, 0.29) is 0 Å². The molecule has 1 saturated heterocycles. The third kappa shape index (κ3) is 4.03. The molecule has 0 radical (unpaired) electrons. The van der Waals surface area contributed by atoms with Gasteiger partial charge in [-0.05, 0) is 63.0 Å². The summed E-state index contributed by atoms with van der Waals surface area (Å²) in [5.41, 5.74) is 2.14. The number of hydrogen-bond acceptors (Lipinski definition) is 4. The first-order chi connectivity index (χ1) is 9.72. The average molecular weight is 278 g/mol. The fourth-order valence-electron chi connectivity index (χ4n) is 2.79. The standard InChI is InChI=1S/C16H26N2O2/c1-17-9-8-15(19)16(20)14-4-2-12(3-5-14)13-6-10-18-11-7-13/h2-5,13,15-20H,6-11H2,1H3. The van der Waals surface area contributed by atoms with Gasteiger partial charge in [0.2, 0.25) is 0 Å². The van der Waals surface area contributed by atoms with Crippen molar-refractivity contribution < 1.29 is 10.2 Å². The van der Waals surface area contributed by atoms with Crippen LogP contribution in [0.25, 0.3) is 0 Å². The van der Waals surface area contributed by atoms with E-state index < -0.39 is 12.2 Å². The fraction of sp³-hybridized carbons (Fsp3) is 0.625. The van der Waals surface area contributed by atoms with E-state index in [0.717, 1.165) is 18.7 Å². The zero-order valence-corrected chi connectivity index (χ0v) is 12.2. The largest absolute Gasteiger partial charge is 0.390 e. The molecule has 1 aromatic rings. The molecule has 1 aliphatic heterocycles. The van der Waals surface area contributed by atoms with E-state index in [0.29, 0.717) is 18.9 Å². The smallest absolute Gasteiger partial charge is 0.105 e. The number of rotatable bonds is 6. The molecule has 1 aliphatic rings. The summed E-state index contributed by atoms with van der Waals surface area (Å²) in [6.45, 7) is 2.86. The normalized spacial score (nSPS) is 19.8. The van der Waals surface area contributed by atoms with Crippen LogP contribution in [0.5, 0.6) is 0 Å². The average Bonchev–Trinajstić information content (AvgIpc) is 2.53. The first-order valence-corrected chi connectivity index (χ1v) is 7.53. The van der Waals surface area contributed by atoms with Crippen LogP contribution in [0.15, 0.2) is 24.3 Å². The molecule has 4 nitrogen and oxygen atoms in total. The number of nitrogens with one attached hydrogen (secondary N) is 2. The van der Waals surface area contributed by atoms with Crippen LogP contribution in [0, 0.1) is 0 Å². The molecule has 2 rings (SSSR count). The van der Waals surface area contributed by atoms with Gasteiger partial charge in [-0.3, -0.25) is 0 Å². The van der Waals surface area contributed by atoms with Gasteiger partial charge >= 0.3 is 0 Å². The van der Waals surface area contributed by atoms with Crippen molar-refractivity contribution >= 4 is 0 Å². The zero-order chi connectivity index (χ0) is 14.4. The second-order valence-electron chi connectivity index (χ2n) is 5.60. The van der Waals surface area contributed by atoms with Crippen molar-refractivity contribution in [3.05, 3.63) is 35.4 Å². The number of aliphatic hydroxyl groups excluding tert-OH is 2. The predicted octanol–water partition coefficient (Wildman–Crippen LogP) is 1.16. The molecule has 112 valence electrons. The van der Waals surface area contributed by atoms with Crippen LogP contribution in [0.3, 0.4) is 0 Å². The van der Waals surface area contributed by atoms with Gasteiger partial charge in [-0.1, -0.05) is 24.3 Å². The highest BCUT2D eigenvalue weighted by Gasteiger charge is 2.19. The van der Waals surface area contributed by atoms with Crippen molar-refractivity contribution in [3.8, 4) is 0 Å². The molecule has 4 heteroatoms. The van der Waals surface area contributed by atoms with Gasteiger partial charge in [0, 0.05) is 0 Å². The van der Waals surface area contributed by atoms with Gasteiger partial charge in [0.05, 0.1) is 6.10 Å². The van der Waals surface area contributed by atoms with Crippen LogP contribution >= 0.6 is 0 Å². The van der Waals surface area contributed by atoms with Crippen LogP contribution in [0.2, 0.25) is 0 Å². The summed E-state index contributed by atoms with van der Waals surface area (Å²) in [5.74, 6) is 0.622. The molecular weight excluding hydrogens is 252 g/mol. The summed E-state index contributed by atoms with van der Waals surface area (Å²) in [6.07, 6.45) is 1.38. The molecule has 0 saturated carbocycles. The summed E-state index contributed by atoms with van der Waals surface area (Å²) in [6, 6.07) is 8.09. The number of aliphatic hydroxyl groups is 2. The summed E-state index contributed by atoms with van der Waals surface area (Å²) >= 11 is 0. The van der Waals surface area contributed by atoms with Crippen LogP contribution in [0.4, 0.5) is 0 Å². The Hall–Kier alpha value is -0.940. The Kier molecular flexibility index (Phi) is 5.98. The Bertz CT molecular complexity index is 388. The van der Waals surface area contributed by atoms with Gasteiger partial charge < -0.3 is 20.8 Å². The molecule has 20 heavy (non-hydrogen) atoms. The van der Waals surface area contributed by atoms with E-state index in [2.05, 4.69) is 22.8 Å². The van der Waals surface area contributed by atoms with E-state index in [9.17, 15) is 10.2 Å². The van der Waals surface area contributed by atoms with Gasteiger partial charge in [-0.15, -0.1) is 0 Å². The van der Waals surface area contributed by atoms with Crippen molar-refractivity contribution in [2.75, 3.05) is 26.7 Å². The highest BCUT2D eigenvalue weighted by molar-refractivity contribution is 5.27. The van der Waals surface area contributed by atoms with Gasteiger partial charge in [-0.2, -0.15) is 0 Å². The van der Waals surface area contributed by atoms with Crippen LogP contribution in [0.1, 0.15) is 42.4 Å². The Morgan fingerprint density at radius 1 is 1.20 bits per heavy atom. The molecule has 1 heterocycles. The number of piperidine rings is 1. The highest BCUT2D eigenvalue weighted by atomic mass is 16.3. The molecule has 0 aromatic heterocycles. The van der Waals surface area contributed by atoms with Crippen molar-refractivity contribution in [1.29, 1.82) is 0 Å². The number of benzene rings is 1. The first-order valence-electron chi connectivity index (χ1n) is 7.53. The van der Waals surface area contributed by atoms with E-state index in [1.807, 2.05) is 19.2 Å². The highest BCUT2D eigenvalue weighted by Crippen LogP contribution is 2.27. The van der Waals surface area contributed by atoms with E-state index in [4.69, 9.17) is 0 Å². The van der Waals surface area contributed by atoms with Gasteiger partial charge in [0.25, 0.3) is 0 Å². The maximum absolute atomic E-state index is 10.1. The zero-order valence-electron chi connectivity index (χ0n) is 12.2. The molecule has 2 unspecified atom stereocenters. The SMILES string of the molecule is CNCCC(O)C(O)c1ccc(C2CCNCC2)cc1. The molecule has 1 fully saturated rings. The second-order valence-corrected chi connectivity index (χ2v) is 5.60. The molecule has 2 atom stereocenters. The monoisotopic (exact) mass is 278 g/mol. The maximum Gasteiger partial charge on any atom is 0.105 e. The quantitative estimate of drug-likeness (QED) is 0.630. The minimum Gasteiger partial charge on any atom is -0.390 e. The molecule has 0 aliphatic carbocycles. The lowest BCUT2D eigenvalue weighted by molar-refractivity contribution is 0.0140. The van der Waals surface area contributed by atoms with Gasteiger partial charge in [0.1, 0.15) is 6.10 Å². The Balaban J connectivity index is 1.96. The van der Waals surface area contributed by atoms with E-state index in [1.54, 1.807) is 0 Å². The van der Waals surface area contributed by atoms with Crippen molar-refractivity contribution in [1.82, 2.24) is 10.6 Å². The molecular formula is C16H26N2O2. The summed E-state index contributed by atoms with van der Waals surface area (Å²) < 4.78 is 0. The molecule has 0 spiro atoms. The lowest BCUT2D eigenvalue weighted by Crippen LogP contribution is -2.26. The molecule has 1 aromatic carbocycles. The molecule has 0 bridgehead atoms. The van der Waals surface area contributed by atoms with Crippen LogP contribution in [-0.4, -0.2) is 43.0 Å². The van der Waals surface area contributed by atoms with Gasteiger partial charge in [0.15, 0.2) is 0 Å². The van der Waals surface area contributed by atoms with Crippen LogP contribution < -0.4 is 10.6 Å². The lowest BCUT2D eigenvalue weighted by atomic mass is 9.89. The fourth-order valence-corrected chi connectivity index (χ4v) is 2.79. The number of hydrogen-bond donors (Lipinski definition) is 4. The third-order valence-corrected chi connectivity index (χ3v) is 4.14. The third-order valence-electron chi connectivity index (χ3n) is 4.14. The van der Waals surface area contributed by atoms with E-state index in [1.165, 1.54) is 18.4 Å². The second kappa shape index (κ2) is 7.74. The molecule has 0 amide bonds. The van der Waals surface area contributed by atoms with Crippen molar-refractivity contribution in [2.45, 2.75) is 37.4 Å².